The van der Waals surface area contributed by atoms with Gasteiger partial charge < -0.3 is 5.32 Å². The predicted octanol–water partition coefficient (Wildman–Crippen LogP) is 4.91. The van der Waals surface area contributed by atoms with Crippen molar-refractivity contribution < 1.29 is 0 Å². The number of nitrogens with one attached hydrogen (secondary N) is 1. The van der Waals surface area contributed by atoms with Crippen molar-refractivity contribution in [2.45, 2.75) is 32.7 Å². The molecule has 0 spiro atoms. The van der Waals surface area contributed by atoms with Crippen LogP contribution in [0, 0.1) is 6.92 Å². The molecule has 1 unspecified atom stereocenters. The molecule has 0 amide bonds. The van der Waals surface area contributed by atoms with E-state index in [0.29, 0.717) is 0 Å². The van der Waals surface area contributed by atoms with Crippen molar-refractivity contribution in [3.63, 3.8) is 0 Å². The summed E-state index contributed by atoms with van der Waals surface area (Å²) in [7, 11) is 1.99. The Morgan fingerprint density at radius 1 is 1.10 bits per heavy atom. The Kier molecular flexibility index (Phi) is 5.22. The van der Waals surface area contributed by atoms with Gasteiger partial charge in [0.1, 0.15) is 0 Å². The Balaban J connectivity index is 2.34. The summed E-state index contributed by atoms with van der Waals surface area (Å²) in [5, 5.41) is 4.18. The van der Waals surface area contributed by atoms with Gasteiger partial charge in [-0.3, -0.25) is 0 Å². The van der Waals surface area contributed by atoms with Gasteiger partial charge in [0.15, 0.2) is 0 Å². The molecule has 2 heteroatoms. The molecular weight excluding hydrogens is 266 g/mol. The van der Waals surface area contributed by atoms with Gasteiger partial charge in [-0.25, -0.2) is 0 Å². The topological polar surface area (TPSA) is 12.0 Å². The molecule has 20 heavy (non-hydrogen) atoms. The molecule has 1 atom stereocenters. The average molecular weight is 288 g/mol. The highest BCUT2D eigenvalue weighted by Crippen LogP contribution is 2.27. The van der Waals surface area contributed by atoms with E-state index in [1.54, 1.807) is 0 Å². The van der Waals surface area contributed by atoms with Gasteiger partial charge in [0.25, 0.3) is 0 Å². The zero-order valence-corrected chi connectivity index (χ0v) is 13.2. The van der Waals surface area contributed by atoms with Crippen molar-refractivity contribution in [2.24, 2.45) is 0 Å². The Labute approximate surface area is 127 Å². The quantitative estimate of drug-likeness (QED) is 0.824. The monoisotopic (exact) mass is 287 g/mol. The smallest absolute Gasteiger partial charge is 0.0577 e. The first-order chi connectivity index (χ1) is 9.65. The molecule has 0 radical (unpaired) electrons. The summed E-state index contributed by atoms with van der Waals surface area (Å²) < 4.78 is 0. The van der Waals surface area contributed by atoms with Gasteiger partial charge in [-0.1, -0.05) is 55.3 Å². The lowest BCUT2D eigenvalue weighted by Gasteiger charge is -2.20. The standard InChI is InChI=1S/C18H22ClN/c1-4-5-14-7-9-15(10-8-14)18(20-3)17-12-16(19)11-6-13(17)2/h6-12,18,20H,4-5H2,1-3H3. The maximum atomic E-state index is 6.14. The fraction of sp³-hybridized carbons (Fsp3) is 0.333. The fourth-order valence-electron chi connectivity index (χ4n) is 2.59. The molecule has 0 aliphatic rings. The van der Waals surface area contributed by atoms with Crippen molar-refractivity contribution in [2.75, 3.05) is 7.05 Å². The van der Waals surface area contributed by atoms with E-state index in [4.69, 9.17) is 11.6 Å². The van der Waals surface area contributed by atoms with Gasteiger partial charge in [-0.2, -0.15) is 0 Å². The maximum absolute atomic E-state index is 6.14. The van der Waals surface area contributed by atoms with Crippen LogP contribution in [0.3, 0.4) is 0 Å². The molecule has 0 bridgehead atoms. The molecule has 2 aromatic rings. The highest BCUT2D eigenvalue weighted by Gasteiger charge is 2.14. The highest BCUT2D eigenvalue weighted by atomic mass is 35.5. The Morgan fingerprint density at radius 2 is 1.80 bits per heavy atom. The van der Waals surface area contributed by atoms with Crippen LogP contribution >= 0.6 is 11.6 Å². The van der Waals surface area contributed by atoms with Crippen molar-refractivity contribution in [1.29, 1.82) is 0 Å². The summed E-state index contributed by atoms with van der Waals surface area (Å²) in [5.74, 6) is 0. The largest absolute Gasteiger partial charge is 0.309 e. The van der Waals surface area contributed by atoms with E-state index >= 15 is 0 Å². The third-order valence-electron chi connectivity index (χ3n) is 3.69. The van der Waals surface area contributed by atoms with E-state index in [-0.39, 0.29) is 6.04 Å². The summed E-state index contributed by atoms with van der Waals surface area (Å²) in [6, 6.07) is 15.1. The van der Waals surface area contributed by atoms with Gasteiger partial charge >= 0.3 is 0 Å². The Bertz CT molecular complexity index is 560. The molecule has 1 N–H and O–H groups in total. The number of hydrogen-bond acceptors (Lipinski definition) is 1. The molecule has 0 heterocycles. The minimum atomic E-state index is 0.185. The minimum Gasteiger partial charge on any atom is -0.309 e. The summed E-state index contributed by atoms with van der Waals surface area (Å²) in [5.41, 5.74) is 5.17. The molecule has 1 nitrogen and oxygen atoms in total. The summed E-state index contributed by atoms with van der Waals surface area (Å²) in [6.07, 6.45) is 2.32. The predicted molar refractivity (Wildman–Crippen MR) is 87.5 cm³/mol. The summed E-state index contributed by atoms with van der Waals surface area (Å²) in [6.45, 7) is 4.33. The molecule has 106 valence electrons. The van der Waals surface area contributed by atoms with E-state index in [1.807, 2.05) is 13.1 Å². The third kappa shape index (κ3) is 3.41. The molecule has 0 saturated heterocycles. The van der Waals surface area contributed by atoms with E-state index in [1.165, 1.54) is 28.7 Å². The van der Waals surface area contributed by atoms with E-state index in [0.717, 1.165) is 11.4 Å². The van der Waals surface area contributed by atoms with Gasteiger partial charge in [-0.05, 0) is 54.8 Å². The number of benzene rings is 2. The number of aryl methyl sites for hydroxylation is 2. The van der Waals surface area contributed by atoms with Gasteiger partial charge in [-0.15, -0.1) is 0 Å². The second kappa shape index (κ2) is 6.92. The number of hydrogen-bond donors (Lipinski definition) is 1. The van der Waals surface area contributed by atoms with Gasteiger partial charge in [0.05, 0.1) is 6.04 Å². The van der Waals surface area contributed by atoms with Crippen molar-refractivity contribution in [3.05, 3.63) is 69.7 Å². The van der Waals surface area contributed by atoms with Crippen molar-refractivity contribution in [1.82, 2.24) is 5.32 Å². The second-order valence-electron chi connectivity index (χ2n) is 5.21. The fourth-order valence-corrected chi connectivity index (χ4v) is 2.77. The first-order valence-electron chi connectivity index (χ1n) is 7.18. The van der Waals surface area contributed by atoms with Crippen LogP contribution in [0.25, 0.3) is 0 Å². The molecule has 0 aliphatic carbocycles. The summed E-state index contributed by atoms with van der Waals surface area (Å²) in [4.78, 5) is 0. The van der Waals surface area contributed by atoms with Crippen LogP contribution in [-0.2, 0) is 6.42 Å². The van der Waals surface area contributed by atoms with Crippen molar-refractivity contribution in [3.8, 4) is 0 Å². The number of halogens is 1. The van der Waals surface area contributed by atoms with Crippen molar-refractivity contribution >= 4 is 11.6 Å². The minimum absolute atomic E-state index is 0.185. The first-order valence-corrected chi connectivity index (χ1v) is 7.55. The SMILES string of the molecule is CCCc1ccc(C(NC)c2cc(Cl)ccc2C)cc1. The lowest BCUT2D eigenvalue weighted by atomic mass is 9.94. The van der Waals surface area contributed by atoms with Crippen LogP contribution in [0.15, 0.2) is 42.5 Å². The van der Waals surface area contributed by atoms with Gasteiger partial charge in [0.2, 0.25) is 0 Å². The zero-order chi connectivity index (χ0) is 14.5. The number of rotatable bonds is 5. The van der Waals surface area contributed by atoms with Crippen LogP contribution in [0.2, 0.25) is 5.02 Å². The molecular formula is C18H22ClN. The molecule has 0 aromatic heterocycles. The zero-order valence-electron chi connectivity index (χ0n) is 12.4. The molecule has 2 aromatic carbocycles. The van der Waals surface area contributed by atoms with E-state index in [9.17, 15) is 0 Å². The molecule has 0 aliphatic heterocycles. The average Bonchev–Trinajstić information content (AvgIpc) is 2.45. The molecule has 0 fully saturated rings. The van der Waals surface area contributed by atoms with Gasteiger partial charge in [0, 0.05) is 5.02 Å². The Morgan fingerprint density at radius 3 is 2.40 bits per heavy atom. The molecule has 2 rings (SSSR count). The van der Waals surface area contributed by atoms with Crippen LogP contribution in [-0.4, -0.2) is 7.05 Å². The first kappa shape index (κ1) is 15.1. The van der Waals surface area contributed by atoms with Crippen LogP contribution < -0.4 is 5.32 Å². The molecule has 0 saturated carbocycles. The highest BCUT2D eigenvalue weighted by molar-refractivity contribution is 6.30. The van der Waals surface area contributed by atoms with Crippen LogP contribution in [0.5, 0.6) is 0 Å². The van der Waals surface area contributed by atoms with E-state index < -0.39 is 0 Å². The maximum Gasteiger partial charge on any atom is 0.0577 e. The van der Waals surface area contributed by atoms with E-state index in [2.05, 4.69) is 55.6 Å². The lowest BCUT2D eigenvalue weighted by molar-refractivity contribution is 0.687. The summed E-state index contributed by atoms with van der Waals surface area (Å²) >= 11 is 6.14. The van der Waals surface area contributed by atoms with Crippen LogP contribution in [0.4, 0.5) is 0 Å². The second-order valence-corrected chi connectivity index (χ2v) is 5.65. The van der Waals surface area contributed by atoms with Crippen LogP contribution in [0.1, 0.15) is 41.6 Å². The normalized spacial score (nSPS) is 12.4. The Hall–Kier alpha value is -1.31. The third-order valence-corrected chi connectivity index (χ3v) is 3.93. The lowest BCUT2D eigenvalue weighted by Crippen LogP contribution is -2.18.